The number of benzene rings is 2. The minimum Gasteiger partial charge on any atom is -0.461 e. The Labute approximate surface area is 315 Å². The third-order valence-electron chi connectivity index (χ3n) is 11.7. The number of halogens is 3. The Kier molecular flexibility index (Phi) is 9.16. The van der Waals surface area contributed by atoms with Crippen LogP contribution in [0.3, 0.4) is 0 Å². The number of anilines is 2. The van der Waals surface area contributed by atoms with Crippen LogP contribution in [0.15, 0.2) is 30.4 Å². The van der Waals surface area contributed by atoms with Crippen LogP contribution in [0.25, 0.3) is 32.1 Å². The van der Waals surface area contributed by atoms with Gasteiger partial charge in [0.25, 0.3) is 0 Å². The molecule has 1 amide bonds. The van der Waals surface area contributed by atoms with Crippen molar-refractivity contribution in [1.82, 2.24) is 19.8 Å². The number of carbonyl (C=O) groups is 1. The van der Waals surface area contributed by atoms with E-state index in [0.717, 1.165) is 69.4 Å². The molecule has 4 saturated heterocycles. The van der Waals surface area contributed by atoms with Gasteiger partial charge in [0.15, 0.2) is 5.82 Å². The van der Waals surface area contributed by atoms with Crippen LogP contribution in [-0.4, -0.2) is 77.1 Å². The molecule has 1 spiro atoms. The highest BCUT2D eigenvalue weighted by Gasteiger charge is 2.47. The Morgan fingerprint density at radius 2 is 1.83 bits per heavy atom. The van der Waals surface area contributed by atoms with E-state index in [1.165, 1.54) is 12.1 Å². The van der Waals surface area contributed by atoms with Gasteiger partial charge in [0, 0.05) is 59.9 Å². The lowest BCUT2D eigenvalue weighted by Gasteiger charge is -2.51. The van der Waals surface area contributed by atoms with Crippen molar-refractivity contribution in [2.24, 2.45) is 5.41 Å². The van der Waals surface area contributed by atoms with Crippen molar-refractivity contribution in [3.63, 3.8) is 0 Å². The molecule has 0 bridgehead atoms. The van der Waals surface area contributed by atoms with Gasteiger partial charge in [0.1, 0.15) is 34.8 Å². The average Bonchev–Trinajstić information content (AvgIpc) is 3.76. The van der Waals surface area contributed by atoms with Gasteiger partial charge in [-0.3, -0.25) is 9.69 Å². The zero-order valence-corrected chi connectivity index (χ0v) is 30.9. The quantitative estimate of drug-likeness (QED) is 0.181. The molecule has 0 aliphatic carbocycles. The van der Waals surface area contributed by atoms with Gasteiger partial charge in [-0.1, -0.05) is 30.7 Å². The maximum absolute atomic E-state index is 17.2. The van der Waals surface area contributed by atoms with Crippen LogP contribution in [-0.2, 0) is 4.79 Å². The van der Waals surface area contributed by atoms with Crippen molar-refractivity contribution in [2.45, 2.75) is 63.3 Å². The fourth-order valence-corrected chi connectivity index (χ4v) is 10.3. The molecule has 4 fully saturated rings. The maximum Gasteiger partial charge on any atom is 0.319 e. The minimum absolute atomic E-state index is 0.00135. The van der Waals surface area contributed by atoms with Crippen LogP contribution >= 0.6 is 22.9 Å². The number of ether oxygens (including phenoxy) is 1. The Morgan fingerprint density at radius 3 is 2.57 bits per heavy atom. The summed E-state index contributed by atoms with van der Waals surface area (Å²) in [6.45, 7) is 8.53. The molecule has 14 heteroatoms. The highest BCUT2D eigenvalue weighted by atomic mass is 35.5. The molecule has 4 aliphatic rings. The number of allylic oxidation sites excluding steroid dienone is 1. The first-order valence-electron chi connectivity index (χ1n) is 18.1. The minimum atomic E-state index is -0.729. The van der Waals surface area contributed by atoms with Gasteiger partial charge >= 0.3 is 6.01 Å². The van der Waals surface area contributed by atoms with Crippen molar-refractivity contribution < 1.29 is 18.3 Å². The van der Waals surface area contributed by atoms with E-state index in [4.69, 9.17) is 32.3 Å². The summed E-state index contributed by atoms with van der Waals surface area (Å²) >= 11 is 7.90. The van der Waals surface area contributed by atoms with E-state index in [1.807, 2.05) is 11.0 Å². The lowest BCUT2D eigenvalue weighted by molar-refractivity contribution is -0.143. The van der Waals surface area contributed by atoms with Crippen LogP contribution in [0.5, 0.6) is 6.01 Å². The summed E-state index contributed by atoms with van der Waals surface area (Å²) in [5, 5.41) is 19.8. The number of carbonyl (C=O) groups excluding carboxylic acids is 1. The number of hydrogen-bond donors (Lipinski definition) is 1. The van der Waals surface area contributed by atoms with Gasteiger partial charge in [-0.15, -0.1) is 11.3 Å². The molecular weight excluding hydrogens is 718 g/mol. The van der Waals surface area contributed by atoms with Gasteiger partial charge in [-0.2, -0.15) is 20.5 Å². The molecule has 10 nitrogen and oxygen atoms in total. The van der Waals surface area contributed by atoms with E-state index in [1.54, 1.807) is 6.07 Å². The molecule has 2 N–H and O–H groups in total. The second-order valence-corrected chi connectivity index (χ2v) is 16.5. The van der Waals surface area contributed by atoms with E-state index < -0.39 is 11.6 Å². The highest BCUT2D eigenvalue weighted by molar-refractivity contribution is 7.23. The van der Waals surface area contributed by atoms with Crippen LogP contribution in [0.4, 0.5) is 19.6 Å². The van der Waals surface area contributed by atoms with E-state index in [2.05, 4.69) is 27.4 Å². The van der Waals surface area contributed by atoms with Gasteiger partial charge in [-0.25, -0.2) is 8.78 Å². The predicted molar refractivity (Wildman–Crippen MR) is 202 cm³/mol. The highest BCUT2D eigenvalue weighted by Crippen LogP contribution is 2.47. The number of aromatic nitrogens is 2. The Balaban J connectivity index is 1.20. The van der Waals surface area contributed by atoms with E-state index >= 15 is 8.78 Å². The van der Waals surface area contributed by atoms with Gasteiger partial charge in [-0.05, 0) is 75.7 Å². The molecule has 4 aromatic rings. The molecule has 6 heterocycles. The summed E-state index contributed by atoms with van der Waals surface area (Å²) < 4.78 is 38.8. The predicted octanol–water partition coefficient (Wildman–Crippen LogP) is 7.58. The van der Waals surface area contributed by atoms with Gasteiger partial charge < -0.3 is 20.3 Å². The number of nitriles is 2. The number of rotatable bonds is 8. The van der Waals surface area contributed by atoms with Crippen LogP contribution in [0, 0.1) is 39.7 Å². The zero-order valence-electron chi connectivity index (χ0n) is 29.3. The van der Waals surface area contributed by atoms with Crippen molar-refractivity contribution in [3.05, 3.63) is 52.6 Å². The number of thiophene rings is 1. The average molecular weight is 757 g/mol. The first kappa shape index (κ1) is 35.5. The summed E-state index contributed by atoms with van der Waals surface area (Å²) in [5.74, 6) is -0.789. The molecule has 4 aliphatic heterocycles. The number of nitrogens with two attached hydrogens (primary N) is 1. The molecule has 2 aromatic heterocycles. The summed E-state index contributed by atoms with van der Waals surface area (Å²) in [7, 11) is 0. The summed E-state index contributed by atoms with van der Waals surface area (Å²) in [6.07, 6.45) is 7.56. The molecule has 274 valence electrons. The summed E-state index contributed by atoms with van der Waals surface area (Å²) in [5.41, 5.74) is 6.54. The third kappa shape index (κ3) is 6.13. The smallest absolute Gasteiger partial charge is 0.319 e. The lowest BCUT2D eigenvalue weighted by Crippen LogP contribution is -2.62. The summed E-state index contributed by atoms with van der Waals surface area (Å²) in [4.78, 5) is 29.1. The second kappa shape index (κ2) is 13.7. The van der Waals surface area contributed by atoms with Gasteiger partial charge in [0.05, 0.1) is 26.9 Å². The number of amides is 1. The van der Waals surface area contributed by atoms with Crippen molar-refractivity contribution in [1.29, 1.82) is 10.5 Å². The Morgan fingerprint density at radius 1 is 1.06 bits per heavy atom. The molecule has 0 saturated carbocycles. The first-order valence-corrected chi connectivity index (χ1v) is 19.3. The fourth-order valence-electron chi connectivity index (χ4n) is 9.10. The number of nitrogen functional groups attached to an aromatic ring is 1. The third-order valence-corrected chi connectivity index (χ3v) is 13.1. The van der Waals surface area contributed by atoms with Crippen LogP contribution in [0.2, 0.25) is 5.02 Å². The molecule has 0 atom stereocenters. The molecular formula is C39H39ClF2N8O2S. The first-order chi connectivity index (χ1) is 25.5. The van der Waals surface area contributed by atoms with Crippen LogP contribution < -0.4 is 15.4 Å². The Hall–Kier alpha value is -4.56. The molecule has 2 aromatic carbocycles. The van der Waals surface area contributed by atoms with E-state index in [9.17, 15) is 10.1 Å². The van der Waals surface area contributed by atoms with Gasteiger partial charge in [0.2, 0.25) is 5.91 Å². The second-order valence-electron chi connectivity index (χ2n) is 15.1. The zero-order chi connectivity index (χ0) is 37.1. The summed E-state index contributed by atoms with van der Waals surface area (Å²) in [6, 6.07) is 8.44. The normalized spacial score (nSPS) is 19.2. The lowest BCUT2D eigenvalue weighted by atomic mass is 9.75. The van der Waals surface area contributed by atoms with Crippen LogP contribution in [0.1, 0.15) is 63.4 Å². The monoisotopic (exact) mass is 756 g/mol. The molecule has 53 heavy (non-hydrogen) atoms. The van der Waals surface area contributed by atoms with Crippen molar-refractivity contribution in [2.75, 3.05) is 56.5 Å². The Bertz CT molecular complexity index is 2250. The SMILES string of the molecule is C=C(C#N)CCC(=O)N1CC2(CCCCN(c3nc(OCC45CCCN4CCC5)nc4c(F)c(-c5ccc(F)c6sc(N)c(C#N)c56)c(Cl)cc34)C2)C1. The largest absolute Gasteiger partial charge is 0.461 e. The molecule has 0 radical (unpaired) electrons. The topological polar surface area (TPSA) is 135 Å². The van der Waals surface area contributed by atoms with Crippen molar-refractivity contribution >= 4 is 60.7 Å². The molecule has 8 rings (SSSR count). The number of likely N-dealkylation sites (tertiary alicyclic amines) is 1. The van der Waals surface area contributed by atoms with Crippen molar-refractivity contribution in [3.8, 4) is 29.3 Å². The fraction of sp³-hybridized carbons (Fsp3) is 0.462. The number of fused-ring (bicyclic) bond motifs is 3. The standard InChI is InChI=1S/C39H39ClF2N8O2S/c1-23(17-43)6-9-29(51)49-20-38(21-49)10-2-3-13-48(19-38)36-25-16-27(40)31(24-7-8-28(41)34-30(24)26(18-44)35(45)53-34)32(42)33(25)46-37(47-36)52-22-39-11-4-14-50(39)15-5-12-39/h7-8,16H,1-6,9-15,19-22,45H2. The maximum atomic E-state index is 17.2. The van der Waals surface area contributed by atoms with E-state index in [-0.39, 0.29) is 71.6 Å². The number of hydrogen-bond acceptors (Lipinski definition) is 10. The number of nitrogens with zero attached hydrogens (tertiary/aromatic N) is 7. The molecule has 0 unspecified atom stereocenters. The van der Waals surface area contributed by atoms with E-state index in [0.29, 0.717) is 56.0 Å².